The van der Waals surface area contributed by atoms with E-state index in [0.717, 1.165) is 24.6 Å². The molecule has 0 saturated carbocycles. The number of nitrogens with two attached hydrogens (primary N) is 1. The largest absolute Gasteiger partial charge is 0.490 e. The minimum atomic E-state index is 0.723. The standard InChI is InChI=1S/C13H20N2O/c14-12-6-2-3-7-13(12)16-11-10-15-8-4-1-5-9-15/h2-3,6-7H,1,4-5,8-11,14H2. The molecule has 0 unspecified atom stereocenters. The first-order valence-electron chi connectivity index (χ1n) is 6.06. The van der Waals surface area contributed by atoms with Gasteiger partial charge >= 0.3 is 0 Å². The van der Waals surface area contributed by atoms with E-state index in [2.05, 4.69) is 4.90 Å². The zero-order valence-electron chi connectivity index (χ0n) is 9.69. The van der Waals surface area contributed by atoms with Crippen LogP contribution in [-0.4, -0.2) is 31.1 Å². The van der Waals surface area contributed by atoms with Crippen LogP contribution in [-0.2, 0) is 0 Å². The number of hydrogen-bond donors (Lipinski definition) is 1. The highest BCUT2D eigenvalue weighted by atomic mass is 16.5. The minimum Gasteiger partial charge on any atom is -0.490 e. The summed E-state index contributed by atoms with van der Waals surface area (Å²) >= 11 is 0. The number of hydrogen-bond acceptors (Lipinski definition) is 3. The summed E-state index contributed by atoms with van der Waals surface area (Å²) < 4.78 is 5.67. The lowest BCUT2D eigenvalue weighted by Crippen LogP contribution is -2.33. The van der Waals surface area contributed by atoms with Gasteiger partial charge in [-0.2, -0.15) is 0 Å². The molecule has 1 aromatic carbocycles. The van der Waals surface area contributed by atoms with Crippen LogP contribution in [0.2, 0.25) is 0 Å². The molecule has 16 heavy (non-hydrogen) atoms. The van der Waals surface area contributed by atoms with Gasteiger partial charge in [-0.25, -0.2) is 0 Å². The topological polar surface area (TPSA) is 38.5 Å². The molecule has 0 aromatic heterocycles. The molecule has 3 heteroatoms. The van der Waals surface area contributed by atoms with Crippen LogP contribution < -0.4 is 10.5 Å². The van der Waals surface area contributed by atoms with Crippen molar-refractivity contribution in [2.45, 2.75) is 19.3 Å². The van der Waals surface area contributed by atoms with Crippen molar-refractivity contribution in [1.29, 1.82) is 0 Å². The molecular weight excluding hydrogens is 200 g/mol. The van der Waals surface area contributed by atoms with Gasteiger partial charge < -0.3 is 10.5 Å². The summed E-state index contributed by atoms with van der Waals surface area (Å²) in [4.78, 5) is 2.46. The fraction of sp³-hybridized carbons (Fsp3) is 0.538. The van der Waals surface area contributed by atoms with Crippen molar-refractivity contribution in [3.63, 3.8) is 0 Å². The summed E-state index contributed by atoms with van der Waals surface area (Å²) in [7, 11) is 0. The van der Waals surface area contributed by atoms with Gasteiger partial charge in [0.2, 0.25) is 0 Å². The maximum atomic E-state index is 5.80. The highest BCUT2D eigenvalue weighted by molar-refractivity contribution is 5.51. The van der Waals surface area contributed by atoms with Gasteiger partial charge in [0.15, 0.2) is 0 Å². The molecule has 0 atom stereocenters. The molecule has 1 aliphatic heterocycles. The zero-order valence-corrected chi connectivity index (χ0v) is 9.69. The molecule has 2 N–H and O–H groups in total. The smallest absolute Gasteiger partial charge is 0.142 e. The number of likely N-dealkylation sites (tertiary alicyclic amines) is 1. The Kier molecular flexibility index (Phi) is 4.05. The average molecular weight is 220 g/mol. The Morgan fingerprint density at radius 3 is 2.62 bits per heavy atom. The number of nitrogens with zero attached hydrogens (tertiary/aromatic N) is 1. The molecule has 0 amide bonds. The molecule has 1 saturated heterocycles. The Labute approximate surface area is 97.2 Å². The third-order valence-electron chi connectivity index (χ3n) is 3.03. The lowest BCUT2D eigenvalue weighted by molar-refractivity contribution is 0.184. The molecule has 0 bridgehead atoms. The number of rotatable bonds is 4. The van der Waals surface area contributed by atoms with Crippen LogP contribution >= 0.6 is 0 Å². The van der Waals surface area contributed by atoms with E-state index in [1.807, 2.05) is 24.3 Å². The summed E-state index contributed by atoms with van der Waals surface area (Å²) in [6.07, 6.45) is 4.03. The summed E-state index contributed by atoms with van der Waals surface area (Å²) in [5, 5.41) is 0. The first kappa shape index (κ1) is 11.3. The van der Waals surface area contributed by atoms with E-state index in [9.17, 15) is 0 Å². The van der Waals surface area contributed by atoms with Crippen LogP contribution in [0.1, 0.15) is 19.3 Å². The van der Waals surface area contributed by atoms with E-state index in [1.165, 1.54) is 32.4 Å². The Hall–Kier alpha value is -1.22. The van der Waals surface area contributed by atoms with Gasteiger partial charge in [-0.15, -0.1) is 0 Å². The van der Waals surface area contributed by atoms with Gasteiger partial charge in [0.25, 0.3) is 0 Å². The second kappa shape index (κ2) is 5.75. The second-order valence-corrected chi connectivity index (χ2v) is 4.29. The molecule has 88 valence electrons. The summed E-state index contributed by atoms with van der Waals surface area (Å²) in [6, 6.07) is 7.67. The van der Waals surface area contributed by atoms with Crippen LogP contribution in [0.25, 0.3) is 0 Å². The molecule has 0 radical (unpaired) electrons. The number of para-hydroxylation sites is 2. The average Bonchev–Trinajstić information content (AvgIpc) is 2.33. The van der Waals surface area contributed by atoms with Crippen LogP contribution in [0.15, 0.2) is 24.3 Å². The van der Waals surface area contributed by atoms with Crippen molar-refractivity contribution < 1.29 is 4.74 Å². The molecule has 2 rings (SSSR count). The molecule has 3 nitrogen and oxygen atoms in total. The quantitative estimate of drug-likeness (QED) is 0.790. The Morgan fingerprint density at radius 2 is 1.88 bits per heavy atom. The highest BCUT2D eigenvalue weighted by Gasteiger charge is 2.09. The predicted octanol–water partition coefficient (Wildman–Crippen LogP) is 2.13. The maximum Gasteiger partial charge on any atom is 0.142 e. The van der Waals surface area contributed by atoms with Gasteiger partial charge in [0.1, 0.15) is 12.4 Å². The molecule has 1 fully saturated rings. The molecule has 1 heterocycles. The molecule has 0 spiro atoms. The number of piperidine rings is 1. The number of ether oxygens (including phenoxy) is 1. The van der Waals surface area contributed by atoms with E-state index in [4.69, 9.17) is 10.5 Å². The van der Waals surface area contributed by atoms with Crippen LogP contribution in [0.3, 0.4) is 0 Å². The third kappa shape index (κ3) is 3.14. The maximum absolute atomic E-state index is 5.80. The fourth-order valence-corrected chi connectivity index (χ4v) is 2.08. The Bertz CT molecular complexity index is 321. The lowest BCUT2D eigenvalue weighted by Gasteiger charge is -2.26. The van der Waals surface area contributed by atoms with Crippen molar-refractivity contribution in [2.75, 3.05) is 32.0 Å². The van der Waals surface area contributed by atoms with Crippen molar-refractivity contribution in [3.05, 3.63) is 24.3 Å². The van der Waals surface area contributed by atoms with E-state index >= 15 is 0 Å². The van der Waals surface area contributed by atoms with Crippen LogP contribution in [0, 0.1) is 0 Å². The number of anilines is 1. The minimum absolute atomic E-state index is 0.723. The Morgan fingerprint density at radius 1 is 1.12 bits per heavy atom. The monoisotopic (exact) mass is 220 g/mol. The van der Waals surface area contributed by atoms with Gasteiger partial charge in [-0.1, -0.05) is 18.6 Å². The van der Waals surface area contributed by atoms with Gasteiger partial charge in [0.05, 0.1) is 5.69 Å². The third-order valence-corrected chi connectivity index (χ3v) is 3.03. The van der Waals surface area contributed by atoms with Crippen molar-refractivity contribution in [3.8, 4) is 5.75 Å². The molecule has 1 aliphatic rings. The van der Waals surface area contributed by atoms with E-state index in [0.29, 0.717) is 0 Å². The van der Waals surface area contributed by atoms with Crippen molar-refractivity contribution in [1.82, 2.24) is 4.90 Å². The summed E-state index contributed by atoms with van der Waals surface area (Å²) in [5.41, 5.74) is 6.52. The first-order chi connectivity index (χ1) is 7.86. The first-order valence-corrected chi connectivity index (χ1v) is 6.06. The molecule has 1 aromatic rings. The van der Waals surface area contributed by atoms with E-state index < -0.39 is 0 Å². The van der Waals surface area contributed by atoms with Crippen molar-refractivity contribution in [2.24, 2.45) is 0 Å². The van der Waals surface area contributed by atoms with E-state index in [1.54, 1.807) is 0 Å². The highest BCUT2D eigenvalue weighted by Crippen LogP contribution is 2.19. The van der Waals surface area contributed by atoms with Gasteiger partial charge in [-0.3, -0.25) is 4.90 Å². The number of nitrogen functional groups attached to an aromatic ring is 1. The second-order valence-electron chi connectivity index (χ2n) is 4.29. The Balaban J connectivity index is 1.73. The van der Waals surface area contributed by atoms with Gasteiger partial charge in [0, 0.05) is 6.54 Å². The van der Waals surface area contributed by atoms with E-state index in [-0.39, 0.29) is 0 Å². The van der Waals surface area contributed by atoms with Crippen molar-refractivity contribution >= 4 is 5.69 Å². The SMILES string of the molecule is Nc1ccccc1OCCN1CCCCC1. The predicted molar refractivity (Wildman–Crippen MR) is 66.6 cm³/mol. The molecular formula is C13H20N2O. The van der Waals surface area contributed by atoms with Gasteiger partial charge in [-0.05, 0) is 38.1 Å². The zero-order chi connectivity index (χ0) is 11.2. The van der Waals surface area contributed by atoms with Crippen LogP contribution in [0.4, 0.5) is 5.69 Å². The fourth-order valence-electron chi connectivity index (χ4n) is 2.08. The summed E-state index contributed by atoms with van der Waals surface area (Å²) in [5.74, 6) is 0.805. The molecule has 0 aliphatic carbocycles. The van der Waals surface area contributed by atoms with Crippen LogP contribution in [0.5, 0.6) is 5.75 Å². The lowest BCUT2D eigenvalue weighted by atomic mass is 10.1. The number of benzene rings is 1. The summed E-state index contributed by atoms with van der Waals surface area (Å²) in [6.45, 7) is 4.17. The normalized spacial score (nSPS) is 17.2.